The molecule has 1 aromatic heterocycles. The summed E-state index contributed by atoms with van der Waals surface area (Å²) in [6.07, 6.45) is 9.92. The molecule has 1 aliphatic heterocycles. The Labute approximate surface area is 275 Å². The summed E-state index contributed by atoms with van der Waals surface area (Å²) in [5.41, 5.74) is 9.43. The van der Waals surface area contributed by atoms with Crippen LogP contribution in [0.2, 0.25) is 0 Å². The van der Waals surface area contributed by atoms with Crippen molar-refractivity contribution < 1.29 is 15.9 Å². The number of hydrogen-bond acceptors (Lipinski definition) is 3. The normalized spacial score (nSPS) is 12.7. The zero-order chi connectivity index (χ0) is 31.5. The number of nitrogens with zero attached hydrogens (tertiary/aromatic N) is 4. The van der Waals surface area contributed by atoms with Crippen molar-refractivity contribution in [2.75, 3.05) is 9.80 Å². The van der Waals surface area contributed by atoms with E-state index in [0.29, 0.717) is 23.7 Å². The summed E-state index contributed by atoms with van der Waals surface area (Å²) in [6.45, 7) is 20.5. The summed E-state index contributed by atoms with van der Waals surface area (Å²) in [7, 11) is 9.63. The maximum absolute atomic E-state index is 4.81. The molecule has 1 aliphatic rings. The number of hydrogen-bond donors (Lipinski definition) is 0. The molecule has 0 saturated carbocycles. The molecular formula is C36H45Cl2N4Pd-. The molecule has 0 N–H and O–H groups in total. The van der Waals surface area contributed by atoms with E-state index in [2.05, 4.69) is 126 Å². The second kappa shape index (κ2) is 17.1. The van der Waals surface area contributed by atoms with E-state index in [1.807, 2.05) is 41.1 Å². The van der Waals surface area contributed by atoms with Gasteiger partial charge in [-0.2, -0.15) is 0 Å². The Balaban J connectivity index is 0.000000297. The molecule has 0 radical (unpaired) electrons. The molecule has 234 valence electrons. The van der Waals surface area contributed by atoms with Gasteiger partial charge in [0.05, 0.1) is 6.33 Å². The Hall–Kier alpha value is -2.55. The van der Waals surface area contributed by atoms with E-state index in [4.69, 9.17) is 19.1 Å². The van der Waals surface area contributed by atoms with Crippen molar-refractivity contribution in [3.05, 3.63) is 127 Å². The van der Waals surface area contributed by atoms with Crippen LogP contribution in [-0.4, -0.2) is 9.55 Å². The largest absolute Gasteiger partial charge is 0.306 e. The van der Waals surface area contributed by atoms with E-state index in [1.165, 1.54) is 33.6 Å². The van der Waals surface area contributed by atoms with Gasteiger partial charge in [0, 0.05) is 29.5 Å². The predicted molar refractivity (Wildman–Crippen MR) is 183 cm³/mol. The Morgan fingerprint density at radius 3 is 1.33 bits per heavy atom. The molecule has 4 nitrogen and oxygen atoms in total. The van der Waals surface area contributed by atoms with Crippen molar-refractivity contribution in [3.8, 4) is 5.69 Å². The average molecular weight is 711 g/mol. The number of rotatable bonds is 7. The second-order valence-electron chi connectivity index (χ2n) is 11.8. The van der Waals surface area contributed by atoms with Crippen LogP contribution in [0.25, 0.3) is 5.69 Å². The third-order valence-electron chi connectivity index (χ3n) is 7.40. The second-order valence-corrected chi connectivity index (χ2v) is 14.1. The van der Waals surface area contributed by atoms with E-state index in [-0.39, 0.29) is 15.9 Å². The topological polar surface area (TPSA) is 24.3 Å². The average Bonchev–Trinajstić information content (AvgIpc) is 3.71. The zero-order valence-electron chi connectivity index (χ0n) is 26.5. The minimum atomic E-state index is -0.106. The van der Waals surface area contributed by atoms with Crippen molar-refractivity contribution in [2.24, 2.45) is 0 Å². The van der Waals surface area contributed by atoms with E-state index in [1.54, 1.807) is 12.5 Å². The maximum atomic E-state index is 4.81. The van der Waals surface area contributed by atoms with Gasteiger partial charge < -0.3 is 14.4 Å². The Morgan fingerprint density at radius 2 is 1.00 bits per heavy atom. The van der Waals surface area contributed by atoms with Gasteiger partial charge in [0.2, 0.25) is 0 Å². The van der Waals surface area contributed by atoms with Gasteiger partial charge in [0.25, 0.3) is 0 Å². The van der Waals surface area contributed by atoms with Gasteiger partial charge in [-0.1, -0.05) is 110 Å². The first-order chi connectivity index (χ1) is 20.6. The summed E-state index contributed by atoms with van der Waals surface area (Å²) in [4.78, 5) is 8.61. The van der Waals surface area contributed by atoms with Crippen molar-refractivity contribution in [3.63, 3.8) is 0 Å². The van der Waals surface area contributed by atoms with E-state index in [0.717, 1.165) is 5.69 Å². The van der Waals surface area contributed by atoms with Gasteiger partial charge in [0.1, 0.15) is 0 Å². The predicted octanol–water partition coefficient (Wildman–Crippen LogP) is 11.3. The first-order valence-corrected chi connectivity index (χ1v) is 18.8. The number of aromatic nitrogens is 2. The van der Waals surface area contributed by atoms with Crippen LogP contribution >= 0.6 is 19.1 Å². The van der Waals surface area contributed by atoms with Gasteiger partial charge in [-0.15, -0.1) is 6.67 Å². The molecule has 4 aromatic rings. The van der Waals surface area contributed by atoms with Gasteiger partial charge in [-0.3, -0.25) is 0 Å². The fourth-order valence-electron chi connectivity index (χ4n) is 5.25. The third kappa shape index (κ3) is 9.22. The van der Waals surface area contributed by atoms with Crippen LogP contribution in [0.3, 0.4) is 0 Å². The molecule has 43 heavy (non-hydrogen) atoms. The number of benzene rings is 3. The molecule has 0 bridgehead atoms. The minimum absolute atomic E-state index is 0.106. The van der Waals surface area contributed by atoms with Gasteiger partial charge in [-0.05, 0) is 70.5 Å². The van der Waals surface area contributed by atoms with Crippen LogP contribution in [0.4, 0.5) is 11.4 Å². The molecule has 7 heteroatoms. The number of anilines is 2. The third-order valence-corrected chi connectivity index (χ3v) is 7.40. The number of para-hydroxylation sites is 3. The minimum Gasteiger partial charge on any atom is -0.306 e. The molecule has 0 fully saturated rings. The molecule has 2 heterocycles. The standard InChI is InChI=1S/C27H37N2.C9H8N2.2ClH.Pd/c1-18(2)22-11-9-12-23(19(3)4)26(22)28-15-16-29(17-28)27-24(20(5)6)13-10-14-25(27)21(7)8;1-2-4-9(5-3-1)11-7-6-10-8-11;;;/h9-21H,1-8H3;1-8H;2*1H;/q-1;;;;+2/p-2. The molecule has 3 aromatic carbocycles. The molecule has 0 aliphatic carbocycles. The summed E-state index contributed by atoms with van der Waals surface area (Å²) in [6, 6.07) is 23.6. The molecule has 0 amide bonds. The molecule has 0 saturated heterocycles. The molecular weight excluding hydrogens is 666 g/mol. The van der Waals surface area contributed by atoms with E-state index >= 15 is 0 Å². The Kier molecular flexibility index (Phi) is 13.9. The first-order valence-electron chi connectivity index (χ1n) is 14.8. The van der Waals surface area contributed by atoms with Crippen LogP contribution in [0.5, 0.6) is 0 Å². The van der Waals surface area contributed by atoms with Crippen LogP contribution < -0.4 is 9.80 Å². The van der Waals surface area contributed by atoms with Crippen molar-refractivity contribution in [2.45, 2.75) is 79.1 Å². The summed E-state index contributed by atoms with van der Waals surface area (Å²) < 4.78 is 1.97. The van der Waals surface area contributed by atoms with Gasteiger partial charge in [-0.25, -0.2) is 4.98 Å². The SMILES string of the molecule is CC(C)c1cccc(C(C)C)c1N1C=CN(c2c(C(C)C)cccc2C(C)C)[CH-]1.[Cl][Pd][Cl].c1ccc(-n2ccnc2)cc1. The van der Waals surface area contributed by atoms with Crippen molar-refractivity contribution in [1.29, 1.82) is 0 Å². The van der Waals surface area contributed by atoms with Crippen LogP contribution in [-0.2, 0) is 15.9 Å². The van der Waals surface area contributed by atoms with E-state index in [9.17, 15) is 0 Å². The molecule has 0 atom stereocenters. The van der Waals surface area contributed by atoms with Crippen LogP contribution in [0, 0.1) is 6.67 Å². The quantitative estimate of drug-likeness (QED) is 0.141. The maximum Gasteiger partial charge on any atom is 0.0991 e. The Morgan fingerprint density at radius 1 is 0.605 bits per heavy atom. The smallest absolute Gasteiger partial charge is 0.0991 e. The fraction of sp³-hybridized carbons (Fsp3) is 0.333. The number of imidazole rings is 1. The summed E-state index contributed by atoms with van der Waals surface area (Å²) >= 11 is -0.106. The molecule has 0 spiro atoms. The number of halogens is 2. The van der Waals surface area contributed by atoms with Gasteiger partial charge in [0.15, 0.2) is 0 Å². The van der Waals surface area contributed by atoms with Crippen LogP contribution in [0.15, 0.2) is 97.9 Å². The molecule has 0 unspecified atom stereocenters. The van der Waals surface area contributed by atoms with Crippen molar-refractivity contribution in [1.82, 2.24) is 9.55 Å². The zero-order valence-corrected chi connectivity index (χ0v) is 29.6. The van der Waals surface area contributed by atoms with Gasteiger partial charge >= 0.3 is 35.0 Å². The monoisotopic (exact) mass is 709 g/mol. The van der Waals surface area contributed by atoms with Crippen LogP contribution in [0.1, 0.15) is 101 Å². The summed E-state index contributed by atoms with van der Waals surface area (Å²) in [5.74, 6) is 1.92. The summed E-state index contributed by atoms with van der Waals surface area (Å²) in [5, 5.41) is 0. The fourth-order valence-corrected chi connectivity index (χ4v) is 5.25. The van der Waals surface area contributed by atoms with Crippen molar-refractivity contribution >= 4 is 30.4 Å². The Bertz CT molecular complexity index is 1290. The first kappa shape index (κ1) is 34.9. The van der Waals surface area contributed by atoms with E-state index < -0.39 is 0 Å². The molecule has 5 rings (SSSR count).